The van der Waals surface area contributed by atoms with E-state index in [2.05, 4.69) is 10.3 Å². The number of allylic oxidation sites excluding steroid dienone is 1. The Morgan fingerprint density at radius 2 is 1.97 bits per heavy atom. The summed E-state index contributed by atoms with van der Waals surface area (Å²) in [6.45, 7) is 7.89. The number of esters is 1. The second-order valence-electron chi connectivity index (χ2n) is 7.44. The number of hydrogen-bond acceptors (Lipinski definition) is 7. The Morgan fingerprint density at radius 1 is 1.26 bits per heavy atom. The van der Waals surface area contributed by atoms with E-state index < -0.39 is 12.0 Å². The van der Waals surface area contributed by atoms with Crippen LogP contribution in [0.1, 0.15) is 52.1 Å². The number of methoxy groups -OCH3 is 1. The van der Waals surface area contributed by atoms with Crippen LogP contribution in [0.3, 0.4) is 0 Å². The monoisotopic (exact) mass is 443 g/mol. The Kier molecular flexibility index (Phi) is 7.43. The van der Waals surface area contributed by atoms with E-state index in [1.54, 1.807) is 14.0 Å². The summed E-state index contributed by atoms with van der Waals surface area (Å²) in [6, 6.07) is 7.25. The lowest BCUT2D eigenvalue weighted by Crippen LogP contribution is -2.39. The summed E-state index contributed by atoms with van der Waals surface area (Å²) in [5, 5.41) is 5.69. The van der Waals surface area contributed by atoms with Crippen molar-refractivity contribution >= 4 is 28.8 Å². The zero-order valence-corrected chi connectivity index (χ0v) is 19.4. The predicted molar refractivity (Wildman–Crippen MR) is 123 cm³/mol. The molecule has 2 aliphatic rings. The van der Waals surface area contributed by atoms with Gasteiger partial charge in [0, 0.05) is 11.7 Å². The van der Waals surface area contributed by atoms with Crippen LogP contribution in [0.4, 0.5) is 0 Å². The molecule has 1 N–H and O–H groups in total. The molecule has 2 unspecified atom stereocenters. The van der Waals surface area contributed by atoms with Gasteiger partial charge in [-0.2, -0.15) is 0 Å². The molecule has 1 aromatic carbocycles. The lowest BCUT2D eigenvalue weighted by atomic mass is 9.93. The Hall–Kier alpha value is -2.74. The molecule has 1 amide bonds. The molecule has 2 aliphatic heterocycles. The van der Waals surface area contributed by atoms with E-state index in [1.165, 1.54) is 11.8 Å². The van der Waals surface area contributed by atoms with Crippen molar-refractivity contribution in [2.75, 3.05) is 13.7 Å². The molecule has 31 heavy (non-hydrogen) atoms. The van der Waals surface area contributed by atoms with Gasteiger partial charge < -0.3 is 19.7 Å². The number of carbonyl (C=O) groups is 2. The highest BCUT2D eigenvalue weighted by Crippen LogP contribution is 2.45. The van der Waals surface area contributed by atoms with E-state index in [-0.39, 0.29) is 25.0 Å². The van der Waals surface area contributed by atoms with Crippen molar-refractivity contribution in [2.24, 2.45) is 4.99 Å². The molecular formula is C23H29N3O4S. The molecule has 0 radical (unpaired) electrons. The maximum atomic E-state index is 12.9. The number of thioether (sulfide) groups is 1. The smallest absolute Gasteiger partial charge is 0.338 e. The molecule has 2 heterocycles. The largest absolute Gasteiger partial charge is 0.497 e. The summed E-state index contributed by atoms with van der Waals surface area (Å²) in [4.78, 5) is 32.1. The molecule has 8 heteroatoms. The van der Waals surface area contributed by atoms with Crippen molar-refractivity contribution in [2.45, 2.75) is 52.6 Å². The molecule has 0 spiro atoms. The fourth-order valence-electron chi connectivity index (χ4n) is 3.53. The summed E-state index contributed by atoms with van der Waals surface area (Å²) in [5.74, 6) is 0.273. The van der Waals surface area contributed by atoms with Gasteiger partial charge in [-0.25, -0.2) is 9.79 Å². The summed E-state index contributed by atoms with van der Waals surface area (Å²) in [5.41, 5.74) is 2.80. The van der Waals surface area contributed by atoms with Crippen molar-refractivity contribution in [3.63, 3.8) is 0 Å². The number of amidine groups is 1. The van der Waals surface area contributed by atoms with Gasteiger partial charge in [0.15, 0.2) is 5.17 Å². The SMILES string of the molecule is CCOC(=O)C1=C(C)N=C2SC=C(CC(=O)NC(C)CC)N2C1c1ccc(OC)cc1. The van der Waals surface area contributed by atoms with Crippen LogP contribution in [0.2, 0.25) is 0 Å². The molecule has 0 saturated carbocycles. The van der Waals surface area contributed by atoms with E-state index in [0.29, 0.717) is 11.3 Å². The summed E-state index contributed by atoms with van der Waals surface area (Å²) in [6.07, 6.45) is 1.07. The van der Waals surface area contributed by atoms with Crippen LogP contribution in [0.25, 0.3) is 0 Å². The van der Waals surface area contributed by atoms with Crippen molar-refractivity contribution in [1.82, 2.24) is 10.2 Å². The van der Waals surface area contributed by atoms with Crippen LogP contribution in [-0.4, -0.2) is 41.7 Å². The van der Waals surface area contributed by atoms with E-state index in [9.17, 15) is 9.59 Å². The quantitative estimate of drug-likeness (QED) is 0.609. The number of aliphatic imine (C=N–C) groups is 1. The van der Waals surface area contributed by atoms with Crippen LogP contribution in [0.15, 0.2) is 51.6 Å². The topological polar surface area (TPSA) is 80.2 Å². The van der Waals surface area contributed by atoms with E-state index in [1.807, 2.05) is 55.3 Å². The highest BCUT2D eigenvalue weighted by atomic mass is 32.2. The Labute approximate surface area is 187 Å². The first-order valence-corrected chi connectivity index (χ1v) is 11.3. The first-order valence-electron chi connectivity index (χ1n) is 10.4. The normalized spacial score (nSPS) is 18.7. The molecule has 0 saturated heterocycles. The Balaban J connectivity index is 1.99. The first-order chi connectivity index (χ1) is 14.9. The van der Waals surface area contributed by atoms with E-state index in [0.717, 1.165) is 28.6 Å². The fraction of sp³-hybridized carbons (Fsp3) is 0.435. The Morgan fingerprint density at radius 3 is 2.58 bits per heavy atom. The van der Waals surface area contributed by atoms with Crippen molar-refractivity contribution < 1.29 is 19.1 Å². The average Bonchev–Trinajstić information content (AvgIpc) is 3.14. The van der Waals surface area contributed by atoms with Crippen LogP contribution in [-0.2, 0) is 14.3 Å². The van der Waals surface area contributed by atoms with E-state index in [4.69, 9.17) is 9.47 Å². The van der Waals surface area contributed by atoms with Gasteiger partial charge in [-0.1, -0.05) is 30.8 Å². The molecule has 0 aromatic heterocycles. The molecule has 166 valence electrons. The predicted octanol–water partition coefficient (Wildman–Crippen LogP) is 4.14. The van der Waals surface area contributed by atoms with Crippen molar-refractivity contribution in [1.29, 1.82) is 0 Å². The number of hydrogen-bond donors (Lipinski definition) is 1. The van der Waals surface area contributed by atoms with Gasteiger partial charge in [0.25, 0.3) is 0 Å². The number of nitrogens with one attached hydrogen (secondary N) is 1. The number of rotatable bonds is 8. The van der Waals surface area contributed by atoms with Crippen LogP contribution >= 0.6 is 11.8 Å². The van der Waals surface area contributed by atoms with Gasteiger partial charge >= 0.3 is 5.97 Å². The number of carbonyl (C=O) groups excluding carboxylic acids is 2. The standard InChI is InChI=1S/C23H29N3O4S/c1-6-14(3)24-19(27)12-17-13-31-23-25-15(4)20(22(28)30-7-2)21(26(17)23)16-8-10-18(29-5)11-9-16/h8-11,13-14,21H,6-7,12H2,1-5H3,(H,24,27). The number of amides is 1. The number of benzene rings is 1. The second kappa shape index (κ2) is 10.0. The van der Waals surface area contributed by atoms with Crippen LogP contribution in [0, 0.1) is 0 Å². The van der Waals surface area contributed by atoms with Gasteiger partial charge in [0.05, 0.1) is 37.4 Å². The van der Waals surface area contributed by atoms with Crippen LogP contribution in [0.5, 0.6) is 5.75 Å². The van der Waals surface area contributed by atoms with Gasteiger partial charge in [0.1, 0.15) is 5.75 Å². The summed E-state index contributed by atoms with van der Waals surface area (Å²) < 4.78 is 10.6. The molecule has 2 atom stereocenters. The lowest BCUT2D eigenvalue weighted by Gasteiger charge is -2.36. The summed E-state index contributed by atoms with van der Waals surface area (Å²) >= 11 is 1.46. The second-order valence-corrected chi connectivity index (χ2v) is 8.28. The van der Waals surface area contributed by atoms with Gasteiger partial charge in [0.2, 0.25) is 5.91 Å². The van der Waals surface area contributed by atoms with Gasteiger partial charge in [-0.15, -0.1) is 0 Å². The zero-order chi connectivity index (χ0) is 22.5. The first kappa shape index (κ1) is 22.9. The molecule has 0 aliphatic carbocycles. The molecule has 0 bridgehead atoms. The van der Waals surface area contributed by atoms with Crippen molar-refractivity contribution in [3.05, 3.63) is 52.2 Å². The lowest BCUT2D eigenvalue weighted by molar-refractivity contribution is -0.139. The van der Waals surface area contributed by atoms with Crippen LogP contribution < -0.4 is 10.1 Å². The zero-order valence-electron chi connectivity index (χ0n) is 18.6. The third kappa shape index (κ3) is 4.95. The number of nitrogens with zero attached hydrogens (tertiary/aromatic N) is 2. The summed E-state index contributed by atoms with van der Waals surface area (Å²) in [7, 11) is 1.61. The number of fused-ring (bicyclic) bond motifs is 1. The molecule has 1 aromatic rings. The molecule has 7 nitrogen and oxygen atoms in total. The fourth-order valence-corrected chi connectivity index (χ4v) is 4.50. The third-order valence-electron chi connectivity index (χ3n) is 5.29. The minimum absolute atomic E-state index is 0.0557. The third-order valence-corrected chi connectivity index (χ3v) is 6.18. The minimum atomic E-state index is -0.435. The highest BCUT2D eigenvalue weighted by molar-refractivity contribution is 8.16. The molecule has 3 rings (SSSR count). The van der Waals surface area contributed by atoms with Gasteiger partial charge in [-0.05, 0) is 50.3 Å². The molecular weight excluding hydrogens is 414 g/mol. The average molecular weight is 444 g/mol. The maximum absolute atomic E-state index is 12.9. The van der Waals surface area contributed by atoms with Crippen molar-refractivity contribution in [3.8, 4) is 5.75 Å². The Bertz CT molecular complexity index is 937. The molecule has 0 fully saturated rings. The van der Waals surface area contributed by atoms with Gasteiger partial charge in [-0.3, -0.25) is 4.79 Å². The maximum Gasteiger partial charge on any atom is 0.338 e. The number of ether oxygens (including phenoxy) is 2. The van der Waals surface area contributed by atoms with E-state index >= 15 is 0 Å². The highest BCUT2D eigenvalue weighted by Gasteiger charge is 2.41. The minimum Gasteiger partial charge on any atom is -0.497 e.